The molecule has 1 aromatic carbocycles. The maximum atomic E-state index is 12.8. The molecule has 0 fully saturated rings. The van der Waals surface area contributed by atoms with Crippen molar-refractivity contribution in [2.75, 3.05) is 13.2 Å². The van der Waals surface area contributed by atoms with Crippen LogP contribution < -0.4 is 51.4 Å². The normalized spacial score (nSPS) is 11.6. The third-order valence-electron chi connectivity index (χ3n) is 7.50. The predicted molar refractivity (Wildman–Crippen MR) is 177 cm³/mol. The summed E-state index contributed by atoms with van der Waals surface area (Å²) in [6.07, 6.45) is 30.8. The fraction of sp³-hybridized carbons (Fsp3) is 0.667. The Balaban J connectivity index is 0.0000194. The molecule has 250 valence electrons. The Morgan fingerprint density at radius 2 is 0.978 bits per heavy atom. The average Bonchev–Trinajstić information content (AvgIpc) is 3.00. The Kier molecular flexibility index (Phi) is 28.8. The molecule has 45 heavy (non-hydrogen) atoms. The van der Waals surface area contributed by atoms with Crippen LogP contribution in [0.4, 0.5) is 0 Å². The number of carbonyl (C=O) groups is 2. The minimum atomic E-state index is -4.81. The van der Waals surface area contributed by atoms with Crippen molar-refractivity contribution in [1.29, 1.82) is 0 Å². The van der Waals surface area contributed by atoms with E-state index in [4.69, 9.17) is 9.47 Å². The molecule has 0 aliphatic rings. The van der Waals surface area contributed by atoms with Crippen LogP contribution in [0.2, 0.25) is 0 Å². The molecular weight excluding hydrogens is 616 g/mol. The molecule has 0 atom stereocenters. The molecule has 1 rings (SSSR count). The van der Waals surface area contributed by atoms with Gasteiger partial charge in [-0.05, 0) is 82.4 Å². The van der Waals surface area contributed by atoms with Gasteiger partial charge in [-0.1, -0.05) is 102 Å². The van der Waals surface area contributed by atoms with Crippen LogP contribution in [0.3, 0.4) is 0 Å². The molecule has 0 unspecified atom stereocenters. The average molecular weight is 673 g/mol. The number of benzene rings is 1. The van der Waals surface area contributed by atoms with Crippen LogP contribution in [0.5, 0.6) is 0 Å². The summed E-state index contributed by atoms with van der Waals surface area (Å²) in [5.41, 5.74) is -0.365. The Morgan fingerprint density at radius 1 is 0.600 bits per heavy atom. The van der Waals surface area contributed by atoms with E-state index in [1.165, 1.54) is 38.5 Å². The van der Waals surface area contributed by atoms with Crippen molar-refractivity contribution >= 4 is 22.1 Å². The second-order valence-corrected chi connectivity index (χ2v) is 12.9. The Morgan fingerprint density at radius 3 is 1.40 bits per heavy atom. The van der Waals surface area contributed by atoms with E-state index in [2.05, 4.69) is 38.2 Å². The summed E-state index contributed by atoms with van der Waals surface area (Å²) in [4.78, 5) is 25.0. The van der Waals surface area contributed by atoms with Crippen LogP contribution in [-0.2, 0) is 19.6 Å². The second-order valence-electron chi connectivity index (χ2n) is 11.5. The largest absolute Gasteiger partial charge is 1.00 e. The molecule has 0 aliphatic heterocycles. The van der Waals surface area contributed by atoms with Crippen LogP contribution in [0, 0.1) is 0 Å². The van der Waals surface area contributed by atoms with Crippen LogP contribution in [0.25, 0.3) is 0 Å². The van der Waals surface area contributed by atoms with E-state index in [0.717, 1.165) is 95.2 Å². The van der Waals surface area contributed by atoms with E-state index in [0.29, 0.717) is 12.8 Å². The molecule has 0 radical (unpaired) electrons. The molecular formula is C36H57KO7S. The number of esters is 2. The van der Waals surface area contributed by atoms with Gasteiger partial charge >= 0.3 is 63.3 Å². The summed E-state index contributed by atoms with van der Waals surface area (Å²) in [5, 5.41) is 0. The molecule has 0 heterocycles. The van der Waals surface area contributed by atoms with E-state index in [1.54, 1.807) is 0 Å². The molecule has 9 heteroatoms. The molecule has 0 saturated carbocycles. The molecule has 0 amide bonds. The second kappa shape index (κ2) is 29.3. The molecule has 0 saturated heterocycles. The standard InChI is InChI=1S/C36H58O7S.K/c1-3-5-7-9-11-13-15-17-19-21-23-25-29-42-35(37)33-28-27-32(44(39,40)41)31-34(33)36(38)43-30-26-24-22-20-18-16-14-12-10-8-6-4-2;/h11-14,27-28,31H,3-10,15-26,29-30H2,1-2H3,(H,39,40,41);/q;+1/p-1/b13-11+,14-12+;. The van der Waals surface area contributed by atoms with Crippen molar-refractivity contribution < 1.29 is 83.4 Å². The van der Waals surface area contributed by atoms with Gasteiger partial charge in [-0.15, -0.1) is 0 Å². The Labute approximate surface area is 316 Å². The molecule has 0 spiro atoms. The van der Waals surface area contributed by atoms with Gasteiger partial charge in [-0.2, -0.15) is 0 Å². The van der Waals surface area contributed by atoms with E-state index >= 15 is 0 Å². The first-order valence-corrected chi connectivity index (χ1v) is 18.5. The zero-order valence-electron chi connectivity index (χ0n) is 28.4. The van der Waals surface area contributed by atoms with Gasteiger partial charge in [-0.3, -0.25) is 0 Å². The summed E-state index contributed by atoms with van der Waals surface area (Å²) in [7, 11) is -4.81. The van der Waals surface area contributed by atoms with E-state index < -0.39 is 27.0 Å². The van der Waals surface area contributed by atoms with Gasteiger partial charge in [0.2, 0.25) is 0 Å². The third-order valence-corrected chi connectivity index (χ3v) is 8.33. The van der Waals surface area contributed by atoms with Crippen molar-refractivity contribution in [1.82, 2.24) is 0 Å². The van der Waals surface area contributed by atoms with Gasteiger partial charge in [0.1, 0.15) is 10.1 Å². The number of ether oxygens (including phenoxy) is 2. The van der Waals surface area contributed by atoms with Gasteiger partial charge in [0.15, 0.2) is 0 Å². The summed E-state index contributed by atoms with van der Waals surface area (Å²) < 4.78 is 45.4. The molecule has 7 nitrogen and oxygen atoms in total. The number of rotatable bonds is 27. The van der Waals surface area contributed by atoms with Gasteiger partial charge in [0.25, 0.3) is 0 Å². The number of hydrogen-bond acceptors (Lipinski definition) is 7. The fourth-order valence-electron chi connectivity index (χ4n) is 4.80. The van der Waals surface area contributed by atoms with Gasteiger partial charge in [-0.25, -0.2) is 18.0 Å². The van der Waals surface area contributed by atoms with E-state index in [1.807, 2.05) is 0 Å². The van der Waals surface area contributed by atoms with Crippen LogP contribution in [0.1, 0.15) is 163 Å². The number of carbonyl (C=O) groups excluding carboxylic acids is 2. The first-order valence-electron chi connectivity index (χ1n) is 17.0. The fourth-order valence-corrected chi connectivity index (χ4v) is 5.29. The first kappa shape index (κ1) is 44.2. The van der Waals surface area contributed by atoms with Crippen molar-refractivity contribution in [3.8, 4) is 0 Å². The maximum Gasteiger partial charge on any atom is 1.00 e. The van der Waals surface area contributed by atoms with Gasteiger partial charge in [0, 0.05) is 0 Å². The van der Waals surface area contributed by atoms with E-state index in [-0.39, 0.29) is 75.7 Å². The third kappa shape index (κ3) is 23.2. The van der Waals surface area contributed by atoms with Crippen molar-refractivity contribution in [3.05, 3.63) is 53.6 Å². The Hall–Kier alpha value is -0.814. The minimum Gasteiger partial charge on any atom is -0.744 e. The Bertz CT molecular complexity index is 1080. The van der Waals surface area contributed by atoms with Crippen LogP contribution in [-0.4, -0.2) is 38.1 Å². The minimum absolute atomic E-state index is 0. The number of allylic oxidation sites excluding steroid dienone is 4. The smallest absolute Gasteiger partial charge is 0.744 e. The number of hydrogen-bond donors (Lipinski definition) is 0. The quantitative estimate of drug-likeness (QED) is 0.0330. The summed E-state index contributed by atoms with van der Waals surface area (Å²) in [6, 6.07) is 3.08. The summed E-state index contributed by atoms with van der Waals surface area (Å²) in [5.74, 6) is -1.57. The number of unbranched alkanes of at least 4 members (excludes halogenated alkanes) is 16. The van der Waals surface area contributed by atoms with Gasteiger partial charge < -0.3 is 14.0 Å². The summed E-state index contributed by atoms with van der Waals surface area (Å²) in [6.45, 7) is 4.76. The van der Waals surface area contributed by atoms with Crippen molar-refractivity contribution in [2.45, 2.75) is 147 Å². The maximum absolute atomic E-state index is 12.8. The topological polar surface area (TPSA) is 110 Å². The van der Waals surface area contributed by atoms with Crippen molar-refractivity contribution in [2.24, 2.45) is 0 Å². The molecule has 0 aromatic heterocycles. The summed E-state index contributed by atoms with van der Waals surface area (Å²) >= 11 is 0. The monoisotopic (exact) mass is 672 g/mol. The molecule has 1 aromatic rings. The van der Waals surface area contributed by atoms with E-state index in [9.17, 15) is 22.6 Å². The molecule has 0 N–H and O–H groups in total. The SMILES string of the molecule is CCCCC/C=C/CCCCCCCOC(=O)c1ccc(S(=O)(=O)[O-])cc1C(=O)OCCCCCCC/C=C/CCCCC.[K+]. The molecule has 0 bridgehead atoms. The zero-order chi connectivity index (χ0) is 32.3. The molecule has 0 aliphatic carbocycles. The van der Waals surface area contributed by atoms with Crippen LogP contribution in [0.15, 0.2) is 47.4 Å². The zero-order valence-corrected chi connectivity index (χ0v) is 32.3. The first-order chi connectivity index (χ1) is 21.3. The predicted octanol–water partition coefficient (Wildman–Crippen LogP) is 6.86. The van der Waals surface area contributed by atoms with Gasteiger partial charge in [0.05, 0.1) is 29.2 Å². The van der Waals surface area contributed by atoms with Crippen LogP contribution >= 0.6 is 0 Å². The van der Waals surface area contributed by atoms with Crippen molar-refractivity contribution in [3.63, 3.8) is 0 Å².